The fraction of sp³-hybridized carbons (Fsp3) is 0.261. The molecule has 1 heterocycles. The first-order chi connectivity index (χ1) is 14.3. The Kier molecular flexibility index (Phi) is 7.29. The molecule has 0 spiro atoms. The maximum atomic E-state index is 12.6. The van der Waals surface area contributed by atoms with E-state index in [0.29, 0.717) is 16.8 Å². The molecule has 30 heavy (non-hydrogen) atoms. The lowest BCUT2D eigenvalue weighted by Gasteiger charge is -2.12. The van der Waals surface area contributed by atoms with Crippen LogP contribution in [0.5, 0.6) is 0 Å². The molecule has 0 atom stereocenters. The first-order valence-electron chi connectivity index (χ1n) is 9.68. The van der Waals surface area contributed by atoms with Gasteiger partial charge in [-0.1, -0.05) is 0 Å². The average Bonchev–Trinajstić information content (AvgIpc) is 3.11. The highest BCUT2D eigenvalue weighted by atomic mass is 32.2. The second-order valence-corrected chi connectivity index (χ2v) is 9.39. The molecule has 0 fully saturated rings. The number of rotatable bonds is 7. The molecule has 3 rings (SSSR count). The van der Waals surface area contributed by atoms with Gasteiger partial charge in [-0.15, -0.1) is 23.1 Å². The Balaban J connectivity index is 1.60. The molecule has 2 aromatic carbocycles. The molecule has 2 amide bonds. The van der Waals surface area contributed by atoms with E-state index in [1.54, 1.807) is 35.2 Å². The molecule has 0 saturated carbocycles. The van der Waals surface area contributed by atoms with Gasteiger partial charge in [0.25, 0.3) is 11.8 Å². The first-order valence-corrected chi connectivity index (χ1v) is 11.5. The number of nitrogens with one attached hydrogen (secondary N) is 2. The third-order valence-electron chi connectivity index (χ3n) is 4.32. The third kappa shape index (κ3) is 5.93. The van der Waals surface area contributed by atoms with E-state index in [9.17, 15) is 9.59 Å². The van der Waals surface area contributed by atoms with Crippen LogP contribution in [0, 0.1) is 13.8 Å². The summed E-state index contributed by atoms with van der Waals surface area (Å²) in [6, 6.07) is 12.9. The largest absolute Gasteiger partial charge is 0.350 e. The number of aromatic nitrogens is 1. The standard InChI is InChI=1S/C23H25N3O2S2/c1-14(2)24-23(28)21-10-7-18(11-15(21)3)26-22(27)17-5-8-20(9-6-17)30-13-19-12-29-16(4)25-19/h5-12,14H,13H2,1-4H3,(H,24,28)(H,26,27). The summed E-state index contributed by atoms with van der Waals surface area (Å²) in [4.78, 5) is 30.3. The molecule has 156 valence electrons. The summed E-state index contributed by atoms with van der Waals surface area (Å²) in [5, 5.41) is 8.93. The Labute approximate surface area is 185 Å². The molecular formula is C23H25N3O2S2. The molecule has 0 aliphatic rings. The van der Waals surface area contributed by atoms with Crippen molar-refractivity contribution in [2.75, 3.05) is 5.32 Å². The van der Waals surface area contributed by atoms with Crippen LogP contribution < -0.4 is 10.6 Å². The Hall–Kier alpha value is -2.64. The van der Waals surface area contributed by atoms with Crippen LogP contribution >= 0.6 is 23.1 Å². The van der Waals surface area contributed by atoms with Crippen LogP contribution in [0.1, 0.15) is 50.8 Å². The van der Waals surface area contributed by atoms with E-state index in [2.05, 4.69) is 21.0 Å². The third-order valence-corrected chi connectivity index (χ3v) is 6.19. The SMILES string of the molecule is Cc1nc(CSc2ccc(C(=O)Nc3ccc(C(=O)NC(C)C)c(C)c3)cc2)cs1. The van der Waals surface area contributed by atoms with Gasteiger partial charge < -0.3 is 10.6 Å². The van der Waals surface area contributed by atoms with E-state index >= 15 is 0 Å². The molecule has 1 aromatic heterocycles. The highest BCUT2D eigenvalue weighted by molar-refractivity contribution is 7.98. The zero-order chi connectivity index (χ0) is 21.7. The van der Waals surface area contributed by atoms with E-state index in [4.69, 9.17) is 0 Å². The summed E-state index contributed by atoms with van der Waals surface area (Å²) in [6.07, 6.45) is 0. The molecule has 0 radical (unpaired) electrons. The van der Waals surface area contributed by atoms with Crippen LogP contribution in [0.15, 0.2) is 52.7 Å². The van der Waals surface area contributed by atoms with Crippen molar-refractivity contribution < 1.29 is 9.59 Å². The number of nitrogens with zero attached hydrogens (tertiary/aromatic N) is 1. The van der Waals surface area contributed by atoms with Crippen LogP contribution in [-0.4, -0.2) is 22.8 Å². The number of anilines is 1. The number of amides is 2. The highest BCUT2D eigenvalue weighted by Gasteiger charge is 2.12. The zero-order valence-corrected chi connectivity index (χ0v) is 19.1. The number of hydrogen-bond donors (Lipinski definition) is 2. The van der Waals surface area contributed by atoms with Gasteiger partial charge >= 0.3 is 0 Å². The number of benzene rings is 2. The number of carbonyl (C=O) groups is 2. The zero-order valence-electron chi connectivity index (χ0n) is 17.5. The fourth-order valence-electron chi connectivity index (χ4n) is 2.87. The lowest BCUT2D eigenvalue weighted by molar-refractivity contribution is 0.0942. The summed E-state index contributed by atoms with van der Waals surface area (Å²) < 4.78 is 0. The summed E-state index contributed by atoms with van der Waals surface area (Å²) in [5.41, 5.74) is 3.75. The molecule has 0 unspecified atom stereocenters. The first kappa shape index (κ1) is 22.1. The highest BCUT2D eigenvalue weighted by Crippen LogP contribution is 2.24. The molecule has 7 heteroatoms. The number of hydrogen-bond acceptors (Lipinski definition) is 5. The monoisotopic (exact) mass is 439 g/mol. The van der Waals surface area contributed by atoms with E-state index in [-0.39, 0.29) is 17.9 Å². The van der Waals surface area contributed by atoms with Crippen LogP contribution in [0.25, 0.3) is 0 Å². The van der Waals surface area contributed by atoms with Crippen LogP contribution in [0.2, 0.25) is 0 Å². The van der Waals surface area contributed by atoms with Gasteiger partial charge in [-0.3, -0.25) is 9.59 Å². The van der Waals surface area contributed by atoms with Crippen molar-refractivity contribution in [3.05, 3.63) is 75.2 Å². The summed E-state index contributed by atoms with van der Waals surface area (Å²) in [6.45, 7) is 7.71. The van der Waals surface area contributed by atoms with E-state index < -0.39 is 0 Å². The van der Waals surface area contributed by atoms with Gasteiger partial charge in [-0.05, 0) is 75.7 Å². The van der Waals surface area contributed by atoms with Crippen LogP contribution in [0.3, 0.4) is 0 Å². The Morgan fingerprint density at radius 2 is 1.80 bits per heavy atom. The van der Waals surface area contributed by atoms with E-state index in [1.807, 2.05) is 58.0 Å². The lowest BCUT2D eigenvalue weighted by atomic mass is 10.1. The van der Waals surface area contributed by atoms with Crippen molar-refractivity contribution in [2.24, 2.45) is 0 Å². The Bertz CT molecular complexity index is 1040. The second-order valence-electron chi connectivity index (χ2n) is 7.28. The van der Waals surface area contributed by atoms with E-state index in [1.165, 1.54) is 0 Å². The number of thiazole rings is 1. The maximum absolute atomic E-state index is 12.6. The summed E-state index contributed by atoms with van der Waals surface area (Å²) in [5.74, 6) is 0.521. The number of aryl methyl sites for hydroxylation is 2. The van der Waals surface area contributed by atoms with Crippen LogP contribution in [0.4, 0.5) is 5.69 Å². The molecular weight excluding hydrogens is 414 g/mol. The van der Waals surface area contributed by atoms with Crippen molar-refractivity contribution in [1.29, 1.82) is 0 Å². The topological polar surface area (TPSA) is 71.1 Å². The molecule has 2 N–H and O–H groups in total. The fourth-order valence-corrected chi connectivity index (χ4v) is 4.38. The second kappa shape index (κ2) is 9.91. The minimum absolute atomic E-state index is 0.0723. The quantitative estimate of drug-likeness (QED) is 0.481. The van der Waals surface area contributed by atoms with Gasteiger partial charge in [-0.2, -0.15) is 0 Å². The van der Waals surface area contributed by atoms with Crippen LogP contribution in [-0.2, 0) is 5.75 Å². The average molecular weight is 440 g/mol. The van der Waals surface area contributed by atoms with Crippen molar-refractivity contribution >= 4 is 40.6 Å². The van der Waals surface area contributed by atoms with Crippen molar-refractivity contribution in [3.8, 4) is 0 Å². The van der Waals surface area contributed by atoms with Gasteiger partial charge in [0, 0.05) is 38.9 Å². The number of thioether (sulfide) groups is 1. The van der Waals surface area contributed by atoms with Gasteiger partial charge in [0.15, 0.2) is 0 Å². The number of carbonyl (C=O) groups excluding carboxylic acids is 2. The molecule has 0 aliphatic heterocycles. The van der Waals surface area contributed by atoms with Gasteiger partial charge in [0.1, 0.15) is 0 Å². The van der Waals surface area contributed by atoms with Gasteiger partial charge in [0.05, 0.1) is 10.7 Å². The van der Waals surface area contributed by atoms with Gasteiger partial charge in [0.2, 0.25) is 0 Å². The molecule has 3 aromatic rings. The minimum atomic E-state index is -0.180. The maximum Gasteiger partial charge on any atom is 0.255 e. The Morgan fingerprint density at radius 1 is 1.07 bits per heavy atom. The van der Waals surface area contributed by atoms with Gasteiger partial charge in [-0.25, -0.2) is 4.98 Å². The van der Waals surface area contributed by atoms with E-state index in [0.717, 1.165) is 26.9 Å². The Morgan fingerprint density at radius 3 is 2.40 bits per heavy atom. The van der Waals surface area contributed by atoms with Crippen molar-refractivity contribution in [3.63, 3.8) is 0 Å². The van der Waals surface area contributed by atoms with Crippen molar-refractivity contribution in [2.45, 2.75) is 44.4 Å². The van der Waals surface area contributed by atoms with Crippen molar-refractivity contribution in [1.82, 2.24) is 10.3 Å². The molecule has 5 nitrogen and oxygen atoms in total. The molecule has 0 bridgehead atoms. The lowest BCUT2D eigenvalue weighted by Crippen LogP contribution is -2.30. The summed E-state index contributed by atoms with van der Waals surface area (Å²) in [7, 11) is 0. The predicted octanol–water partition coefficient (Wildman–Crippen LogP) is 5.44. The molecule has 0 saturated heterocycles. The smallest absolute Gasteiger partial charge is 0.255 e. The minimum Gasteiger partial charge on any atom is -0.350 e. The summed E-state index contributed by atoms with van der Waals surface area (Å²) >= 11 is 3.35. The predicted molar refractivity (Wildman–Crippen MR) is 125 cm³/mol. The molecule has 0 aliphatic carbocycles. The normalized spacial score (nSPS) is 10.8.